The van der Waals surface area contributed by atoms with Crippen molar-refractivity contribution in [2.75, 3.05) is 6.61 Å². The molecule has 0 N–H and O–H groups in total. The average molecular weight is 379 g/mol. The van der Waals surface area contributed by atoms with Crippen LogP contribution in [-0.2, 0) is 19.1 Å². The van der Waals surface area contributed by atoms with Crippen LogP contribution in [0.4, 0.5) is 0 Å². The highest BCUT2D eigenvalue weighted by Gasteiger charge is 2.05. The molecule has 4 heteroatoms. The Morgan fingerprint density at radius 2 is 1.48 bits per heavy atom. The molecule has 27 heavy (non-hydrogen) atoms. The maximum Gasteiger partial charge on any atom is 0.302 e. The molecule has 0 unspecified atom stereocenters. The Morgan fingerprint density at radius 3 is 1.74 bits per heavy atom. The molecule has 0 atom stereocenters. The molecule has 1 fully saturated rings. The van der Waals surface area contributed by atoms with E-state index in [1.54, 1.807) is 6.92 Å². The minimum absolute atomic E-state index is 0.182. The summed E-state index contributed by atoms with van der Waals surface area (Å²) in [5, 5.41) is 0. The Hall–Kier alpha value is -1.97. The lowest BCUT2D eigenvalue weighted by atomic mass is 10.00. The molecular weight excluding hydrogens is 340 g/mol. The highest BCUT2D eigenvalue weighted by atomic mass is 16.5. The van der Waals surface area contributed by atoms with Crippen LogP contribution in [0.25, 0.3) is 0 Å². The summed E-state index contributed by atoms with van der Waals surface area (Å²) in [4.78, 5) is 30.4. The second kappa shape index (κ2) is 20.3. The number of ether oxygens (including phenoxy) is 1. The number of aryl methyl sites for hydroxylation is 1. The van der Waals surface area contributed by atoms with Gasteiger partial charge in [-0.15, -0.1) is 0 Å². The smallest absolute Gasteiger partial charge is 0.302 e. The van der Waals surface area contributed by atoms with Crippen molar-refractivity contribution in [3.8, 4) is 0 Å². The monoisotopic (exact) mass is 378 g/mol. The highest BCUT2D eigenvalue weighted by Crippen LogP contribution is 2.12. The number of carbonyl (C=O) groups excluding carboxylic acids is 3. The zero-order valence-electron chi connectivity index (χ0n) is 17.9. The fourth-order valence-corrected chi connectivity index (χ4v) is 1.84. The number of benzene rings is 1. The molecule has 154 valence electrons. The number of esters is 1. The van der Waals surface area contributed by atoms with Gasteiger partial charge in [0.05, 0.1) is 6.61 Å². The lowest BCUT2D eigenvalue weighted by molar-refractivity contribution is -0.141. The van der Waals surface area contributed by atoms with Gasteiger partial charge in [0.15, 0.2) is 0 Å². The summed E-state index contributed by atoms with van der Waals surface area (Å²) in [6.07, 6.45) is 7.95. The van der Waals surface area contributed by atoms with E-state index < -0.39 is 0 Å². The van der Waals surface area contributed by atoms with Gasteiger partial charge < -0.3 is 9.53 Å². The molecule has 1 aliphatic rings. The summed E-state index contributed by atoms with van der Waals surface area (Å²) in [5.74, 6) is 0.537. The van der Waals surface area contributed by atoms with Crippen LogP contribution in [-0.4, -0.2) is 24.1 Å². The Balaban J connectivity index is 0. The van der Waals surface area contributed by atoms with Crippen LogP contribution in [0.5, 0.6) is 0 Å². The van der Waals surface area contributed by atoms with Crippen LogP contribution < -0.4 is 0 Å². The van der Waals surface area contributed by atoms with E-state index >= 15 is 0 Å². The number of Topliss-reactive ketones (excluding diaryl/α,β-unsaturated/α-hetero) is 2. The van der Waals surface area contributed by atoms with E-state index in [1.165, 1.54) is 18.9 Å². The van der Waals surface area contributed by atoms with Crippen molar-refractivity contribution in [2.45, 2.75) is 86.0 Å². The molecule has 1 saturated carbocycles. The van der Waals surface area contributed by atoms with Gasteiger partial charge in [0.25, 0.3) is 0 Å². The van der Waals surface area contributed by atoms with Gasteiger partial charge in [-0.25, -0.2) is 0 Å². The van der Waals surface area contributed by atoms with Crippen LogP contribution in [0.15, 0.2) is 30.3 Å². The quantitative estimate of drug-likeness (QED) is 0.487. The van der Waals surface area contributed by atoms with Gasteiger partial charge in [-0.3, -0.25) is 9.59 Å². The summed E-state index contributed by atoms with van der Waals surface area (Å²) in [6.45, 7) is 9.58. The third kappa shape index (κ3) is 26.4. The van der Waals surface area contributed by atoms with Crippen molar-refractivity contribution in [1.82, 2.24) is 0 Å². The van der Waals surface area contributed by atoms with Crippen molar-refractivity contribution >= 4 is 17.5 Å². The molecule has 4 nitrogen and oxygen atoms in total. The first-order valence-electron chi connectivity index (χ1n) is 9.99. The molecule has 0 bridgehead atoms. The van der Waals surface area contributed by atoms with E-state index in [-0.39, 0.29) is 11.8 Å². The molecule has 0 saturated heterocycles. The third-order valence-corrected chi connectivity index (χ3v) is 3.65. The SMILES string of the molecule is CCC(C)=O.CCCCOC(C)=O.Cc1ccccc1.O=C1CCCCC1. The van der Waals surface area contributed by atoms with Gasteiger partial charge in [0, 0.05) is 26.2 Å². The van der Waals surface area contributed by atoms with Crippen LogP contribution >= 0.6 is 0 Å². The fraction of sp³-hybridized carbons (Fsp3) is 0.609. The van der Waals surface area contributed by atoms with Crippen molar-refractivity contribution in [3.05, 3.63) is 35.9 Å². The molecule has 0 spiro atoms. The van der Waals surface area contributed by atoms with Crippen LogP contribution in [0.1, 0.15) is 84.6 Å². The number of carbonyl (C=O) groups is 3. The molecule has 2 rings (SSSR count). The third-order valence-electron chi connectivity index (χ3n) is 3.65. The summed E-state index contributed by atoms with van der Waals surface area (Å²) < 4.78 is 4.64. The van der Waals surface area contributed by atoms with Gasteiger partial charge in [0.1, 0.15) is 11.6 Å². The number of unbranched alkanes of at least 4 members (excludes halogenated alkanes) is 1. The summed E-state index contributed by atoms with van der Waals surface area (Å²) in [7, 11) is 0. The first-order valence-corrected chi connectivity index (χ1v) is 9.99. The maximum atomic E-state index is 10.5. The average Bonchev–Trinajstić information content (AvgIpc) is 2.64. The predicted octanol–water partition coefficient (Wildman–Crippen LogP) is 5.85. The van der Waals surface area contributed by atoms with Gasteiger partial charge in [-0.2, -0.15) is 0 Å². The standard InChI is InChI=1S/C7H8.C6H12O2.C6H10O.C4H8O/c1-7-5-3-2-4-6-7;1-3-4-5-8-6(2)7;7-6-4-2-1-3-5-6;1-3-4(2)5/h2-6H,1H3;3-5H2,1-2H3;1-5H2;3H2,1-2H3. The topological polar surface area (TPSA) is 60.4 Å². The minimum atomic E-state index is -0.182. The second-order valence-corrected chi connectivity index (χ2v) is 6.50. The fourth-order valence-electron chi connectivity index (χ4n) is 1.84. The summed E-state index contributed by atoms with van der Waals surface area (Å²) in [6, 6.07) is 10.3. The van der Waals surface area contributed by atoms with Gasteiger partial charge >= 0.3 is 5.97 Å². The molecule has 0 aliphatic heterocycles. The van der Waals surface area contributed by atoms with E-state index in [4.69, 9.17) is 0 Å². The van der Waals surface area contributed by atoms with Crippen molar-refractivity contribution in [1.29, 1.82) is 0 Å². The van der Waals surface area contributed by atoms with Crippen molar-refractivity contribution in [3.63, 3.8) is 0 Å². The van der Waals surface area contributed by atoms with Gasteiger partial charge in [-0.1, -0.05) is 62.6 Å². The zero-order chi connectivity index (χ0) is 20.9. The van der Waals surface area contributed by atoms with E-state index in [2.05, 4.69) is 30.7 Å². The summed E-state index contributed by atoms with van der Waals surface area (Å²) in [5.41, 5.74) is 1.32. The largest absolute Gasteiger partial charge is 0.466 e. The first kappa shape index (κ1) is 27.3. The number of hydrogen-bond donors (Lipinski definition) is 0. The Morgan fingerprint density at radius 1 is 0.963 bits per heavy atom. The van der Waals surface area contributed by atoms with Crippen molar-refractivity contribution in [2.24, 2.45) is 0 Å². The van der Waals surface area contributed by atoms with E-state index in [9.17, 15) is 14.4 Å². The molecule has 0 radical (unpaired) electrons. The van der Waals surface area contributed by atoms with Crippen LogP contribution in [0, 0.1) is 6.92 Å². The molecule has 1 aromatic carbocycles. The van der Waals surface area contributed by atoms with Crippen LogP contribution in [0.3, 0.4) is 0 Å². The molecule has 0 amide bonds. The maximum absolute atomic E-state index is 10.5. The molecule has 1 aliphatic carbocycles. The lowest BCUT2D eigenvalue weighted by Gasteiger charge is -2.05. The van der Waals surface area contributed by atoms with Gasteiger partial charge in [-0.05, 0) is 33.1 Å². The summed E-state index contributed by atoms with van der Waals surface area (Å²) >= 11 is 0. The number of rotatable bonds is 4. The predicted molar refractivity (Wildman–Crippen MR) is 112 cm³/mol. The lowest BCUT2D eigenvalue weighted by Crippen LogP contribution is -2.02. The molecule has 0 aromatic heterocycles. The van der Waals surface area contributed by atoms with E-state index in [1.807, 2.05) is 25.1 Å². The normalized spacial score (nSPS) is 12.1. The zero-order valence-corrected chi connectivity index (χ0v) is 17.9. The molecule has 1 aromatic rings. The Bertz CT molecular complexity index is 486. The van der Waals surface area contributed by atoms with Crippen LogP contribution in [0.2, 0.25) is 0 Å². The molecular formula is C23H38O4. The minimum Gasteiger partial charge on any atom is -0.466 e. The number of ketones is 2. The van der Waals surface area contributed by atoms with Crippen molar-refractivity contribution < 1.29 is 19.1 Å². The second-order valence-electron chi connectivity index (χ2n) is 6.50. The number of hydrogen-bond acceptors (Lipinski definition) is 4. The van der Waals surface area contributed by atoms with E-state index in [0.29, 0.717) is 18.8 Å². The van der Waals surface area contributed by atoms with Gasteiger partial charge in [0.2, 0.25) is 0 Å². The van der Waals surface area contributed by atoms with E-state index in [0.717, 1.165) is 38.5 Å². The Labute approximate surface area is 165 Å². The Kier molecular flexibility index (Phi) is 20.5. The molecule has 0 heterocycles. The first-order chi connectivity index (χ1) is 12.8. The highest BCUT2D eigenvalue weighted by molar-refractivity contribution is 5.78.